The van der Waals surface area contributed by atoms with Gasteiger partial charge in [-0.1, -0.05) is 37.3 Å². The van der Waals surface area contributed by atoms with E-state index in [-0.39, 0.29) is 24.3 Å². The summed E-state index contributed by atoms with van der Waals surface area (Å²) < 4.78 is 19.1. The first kappa shape index (κ1) is 25.1. The summed E-state index contributed by atoms with van der Waals surface area (Å²) in [5.74, 6) is 1.70. The number of rotatable bonds is 11. The number of nitrogens with zero attached hydrogens (tertiary/aromatic N) is 2. The molecule has 188 valence electrons. The number of nitrogens with one attached hydrogen (secondary N) is 1. The van der Waals surface area contributed by atoms with Crippen LogP contribution in [0.4, 0.5) is 0 Å². The molecule has 0 saturated carbocycles. The van der Waals surface area contributed by atoms with Gasteiger partial charge in [0.1, 0.15) is 18.1 Å². The van der Waals surface area contributed by atoms with Crippen LogP contribution in [0.25, 0.3) is 5.65 Å². The molecule has 2 unspecified atom stereocenters. The van der Waals surface area contributed by atoms with Gasteiger partial charge in [-0.15, -0.1) is 0 Å². The van der Waals surface area contributed by atoms with Crippen LogP contribution in [-0.2, 0) is 11.4 Å². The first-order valence-electron chi connectivity index (χ1n) is 12.2. The normalized spacial score (nSPS) is 12.7. The zero-order valence-corrected chi connectivity index (χ0v) is 21.2. The van der Waals surface area contributed by atoms with E-state index in [0.29, 0.717) is 29.5 Å². The molecule has 7 heteroatoms. The Hall–Kier alpha value is -4.00. The Labute approximate surface area is 212 Å². The van der Waals surface area contributed by atoms with Gasteiger partial charge in [0.25, 0.3) is 0 Å². The highest BCUT2D eigenvalue weighted by Gasteiger charge is 2.24. The molecular formula is C29H33N3O4. The van der Waals surface area contributed by atoms with Crippen molar-refractivity contribution < 1.29 is 19.0 Å². The number of hydrogen-bond acceptors (Lipinski definition) is 5. The van der Waals surface area contributed by atoms with Crippen LogP contribution < -0.4 is 19.5 Å². The van der Waals surface area contributed by atoms with Gasteiger partial charge < -0.3 is 23.9 Å². The molecule has 1 amide bonds. The topological polar surface area (TPSA) is 74.1 Å². The van der Waals surface area contributed by atoms with E-state index in [0.717, 1.165) is 23.2 Å². The average Bonchev–Trinajstić information content (AvgIpc) is 3.35. The van der Waals surface area contributed by atoms with E-state index in [1.54, 1.807) is 14.2 Å². The van der Waals surface area contributed by atoms with Crippen molar-refractivity contribution in [2.24, 2.45) is 0 Å². The molecule has 7 nitrogen and oxygen atoms in total. The SMILES string of the molecule is CCC(C)NC(=O)CC(c1cc(OC)cc(OC)c1)c1cnc2c(OCc3ccccc3)cccn12. The third kappa shape index (κ3) is 5.79. The summed E-state index contributed by atoms with van der Waals surface area (Å²) in [5.41, 5.74) is 3.56. The molecule has 4 rings (SSSR count). The van der Waals surface area contributed by atoms with Crippen molar-refractivity contribution in [3.05, 3.63) is 89.9 Å². The molecule has 2 aromatic heterocycles. The lowest BCUT2D eigenvalue weighted by Gasteiger charge is -2.20. The highest BCUT2D eigenvalue weighted by atomic mass is 16.5. The first-order chi connectivity index (χ1) is 17.5. The Kier molecular flexibility index (Phi) is 8.10. The Bertz CT molecular complexity index is 1280. The molecular weight excluding hydrogens is 454 g/mol. The molecule has 0 saturated heterocycles. The summed E-state index contributed by atoms with van der Waals surface area (Å²) in [7, 11) is 3.24. The zero-order valence-electron chi connectivity index (χ0n) is 21.2. The van der Waals surface area contributed by atoms with Gasteiger partial charge in [-0.05, 0) is 48.7 Å². The van der Waals surface area contributed by atoms with E-state index in [2.05, 4.69) is 12.2 Å². The van der Waals surface area contributed by atoms with Crippen LogP contribution in [-0.4, -0.2) is 35.6 Å². The maximum absolute atomic E-state index is 13.0. The quantitative estimate of drug-likeness (QED) is 0.308. The average molecular weight is 488 g/mol. The van der Waals surface area contributed by atoms with Gasteiger partial charge in [-0.25, -0.2) is 4.98 Å². The molecule has 0 fully saturated rings. The van der Waals surface area contributed by atoms with Crippen LogP contribution in [0.3, 0.4) is 0 Å². The van der Waals surface area contributed by atoms with Crippen LogP contribution in [0.5, 0.6) is 17.2 Å². The molecule has 0 radical (unpaired) electrons. The monoisotopic (exact) mass is 487 g/mol. The highest BCUT2D eigenvalue weighted by Crippen LogP contribution is 2.35. The number of pyridine rings is 1. The molecule has 0 aliphatic carbocycles. The fraction of sp³-hybridized carbons (Fsp3) is 0.310. The van der Waals surface area contributed by atoms with E-state index in [1.807, 2.05) is 84.4 Å². The summed E-state index contributed by atoms with van der Waals surface area (Å²) in [6, 6.07) is 19.7. The zero-order chi connectivity index (χ0) is 25.5. The van der Waals surface area contributed by atoms with Crippen molar-refractivity contribution >= 4 is 11.6 Å². The smallest absolute Gasteiger partial charge is 0.221 e. The van der Waals surface area contributed by atoms with Crippen LogP contribution in [0, 0.1) is 0 Å². The van der Waals surface area contributed by atoms with E-state index in [4.69, 9.17) is 19.2 Å². The number of hydrogen-bond donors (Lipinski definition) is 1. The van der Waals surface area contributed by atoms with Gasteiger partial charge in [0.05, 0.1) is 19.9 Å². The number of methoxy groups -OCH3 is 2. The minimum absolute atomic E-state index is 0.0254. The molecule has 0 aliphatic rings. The van der Waals surface area contributed by atoms with Gasteiger partial charge in [-0.3, -0.25) is 4.79 Å². The van der Waals surface area contributed by atoms with Gasteiger partial charge in [0, 0.05) is 36.8 Å². The molecule has 2 aromatic carbocycles. The van der Waals surface area contributed by atoms with E-state index >= 15 is 0 Å². The van der Waals surface area contributed by atoms with E-state index in [9.17, 15) is 4.79 Å². The first-order valence-corrected chi connectivity index (χ1v) is 12.2. The van der Waals surface area contributed by atoms with Crippen molar-refractivity contribution in [2.75, 3.05) is 14.2 Å². The van der Waals surface area contributed by atoms with Gasteiger partial charge in [-0.2, -0.15) is 0 Å². The summed E-state index contributed by atoms with van der Waals surface area (Å²) in [4.78, 5) is 17.7. The maximum atomic E-state index is 13.0. The molecule has 36 heavy (non-hydrogen) atoms. The van der Waals surface area contributed by atoms with E-state index in [1.165, 1.54) is 0 Å². The Balaban J connectivity index is 1.72. The molecule has 2 heterocycles. The highest BCUT2D eigenvalue weighted by molar-refractivity contribution is 5.78. The van der Waals surface area contributed by atoms with Crippen molar-refractivity contribution in [3.63, 3.8) is 0 Å². The minimum Gasteiger partial charge on any atom is -0.497 e. The third-order valence-electron chi connectivity index (χ3n) is 6.31. The second kappa shape index (κ2) is 11.6. The van der Waals surface area contributed by atoms with Crippen LogP contribution in [0.15, 0.2) is 73.1 Å². The summed E-state index contributed by atoms with van der Waals surface area (Å²) in [6.07, 6.45) is 4.88. The maximum Gasteiger partial charge on any atom is 0.221 e. The number of ether oxygens (including phenoxy) is 3. The number of benzene rings is 2. The summed E-state index contributed by atoms with van der Waals surface area (Å²) in [6.45, 7) is 4.50. The fourth-order valence-corrected chi connectivity index (χ4v) is 4.15. The van der Waals surface area contributed by atoms with Gasteiger partial charge >= 0.3 is 0 Å². The van der Waals surface area contributed by atoms with Gasteiger partial charge in [0.15, 0.2) is 11.4 Å². The van der Waals surface area contributed by atoms with Crippen molar-refractivity contribution in [1.29, 1.82) is 0 Å². The number of amides is 1. The van der Waals surface area contributed by atoms with Crippen LogP contribution >= 0.6 is 0 Å². The number of imidazole rings is 1. The Morgan fingerprint density at radius 3 is 2.42 bits per heavy atom. The third-order valence-corrected chi connectivity index (χ3v) is 6.31. The van der Waals surface area contributed by atoms with Crippen LogP contribution in [0.1, 0.15) is 49.4 Å². The second-order valence-corrected chi connectivity index (χ2v) is 8.80. The van der Waals surface area contributed by atoms with Crippen molar-refractivity contribution in [2.45, 2.75) is 45.3 Å². The lowest BCUT2D eigenvalue weighted by molar-refractivity contribution is -0.121. The van der Waals surface area contributed by atoms with Crippen molar-refractivity contribution in [3.8, 4) is 17.2 Å². The molecule has 0 spiro atoms. The molecule has 2 atom stereocenters. The Morgan fingerprint density at radius 2 is 1.75 bits per heavy atom. The minimum atomic E-state index is -0.280. The summed E-state index contributed by atoms with van der Waals surface area (Å²) >= 11 is 0. The molecule has 0 bridgehead atoms. The Morgan fingerprint density at radius 1 is 1.03 bits per heavy atom. The van der Waals surface area contributed by atoms with Crippen LogP contribution in [0.2, 0.25) is 0 Å². The predicted octanol–water partition coefficient (Wildman–Crippen LogP) is 5.37. The molecule has 0 aliphatic heterocycles. The van der Waals surface area contributed by atoms with E-state index < -0.39 is 0 Å². The fourth-order valence-electron chi connectivity index (χ4n) is 4.15. The van der Waals surface area contributed by atoms with Gasteiger partial charge in [0.2, 0.25) is 5.91 Å². The largest absolute Gasteiger partial charge is 0.497 e. The number of fused-ring (bicyclic) bond motifs is 1. The predicted molar refractivity (Wildman–Crippen MR) is 140 cm³/mol. The molecule has 4 aromatic rings. The number of carbonyl (C=O) groups excluding carboxylic acids is 1. The summed E-state index contributed by atoms with van der Waals surface area (Å²) in [5, 5.41) is 3.09. The second-order valence-electron chi connectivity index (χ2n) is 8.80. The lowest BCUT2D eigenvalue weighted by atomic mass is 9.91. The standard InChI is InChI=1S/C29H33N3O4/c1-5-20(2)31-28(33)17-25(22-14-23(34-3)16-24(15-22)35-4)26-18-30-29-27(12-9-13-32(26)29)36-19-21-10-7-6-8-11-21/h6-16,18,20,25H,5,17,19H2,1-4H3,(H,31,33). The number of aromatic nitrogens is 2. The van der Waals surface area contributed by atoms with Crippen molar-refractivity contribution in [1.82, 2.24) is 14.7 Å². The number of carbonyl (C=O) groups is 1. The lowest BCUT2D eigenvalue weighted by Crippen LogP contribution is -2.33. The molecule has 1 N–H and O–H groups in total.